The van der Waals surface area contributed by atoms with Crippen LogP contribution in [-0.2, 0) is 10.3 Å². The van der Waals surface area contributed by atoms with Crippen molar-refractivity contribution >= 4 is 0 Å². The summed E-state index contributed by atoms with van der Waals surface area (Å²) in [6.45, 7) is -1.73. The average Bonchev–Trinajstić information content (AvgIpc) is 2.35. The van der Waals surface area contributed by atoms with Crippen molar-refractivity contribution < 1.29 is 23.0 Å². The first-order valence-electron chi connectivity index (χ1n) is 5.40. The number of aliphatic hydroxyl groups is 1. The number of nitrogens with one attached hydrogen (secondary N) is 1. The Labute approximate surface area is 104 Å². The molecule has 102 valence electrons. The monoisotopic (exact) mass is 263 g/mol. The first-order valence-corrected chi connectivity index (χ1v) is 5.40. The van der Waals surface area contributed by atoms with Crippen LogP contribution in [0.15, 0.2) is 30.3 Å². The number of rotatable bonds is 6. The van der Waals surface area contributed by atoms with E-state index in [0.29, 0.717) is 5.56 Å². The molecular formula is C12H16F3NO2. The van der Waals surface area contributed by atoms with Gasteiger partial charge in [-0.05, 0) is 5.56 Å². The fourth-order valence-corrected chi connectivity index (χ4v) is 1.70. The third-order valence-electron chi connectivity index (χ3n) is 2.61. The van der Waals surface area contributed by atoms with Crippen molar-refractivity contribution in [2.45, 2.75) is 11.7 Å². The van der Waals surface area contributed by atoms with Crippen LogP contribution >= 0.6 is 0 Å². The zero-order chi connectivity index (χ0) is 13.6. The number of hydrogen-bond donors (Lipinski definition) is 2. The SMILES string of the molecule is COCC(CO)(NCC(F)(F)F)c1ccccc1. The number of alkyl halides is 3. The lowest BCUT2D eigenvalue weighted by atomic mass is 9.91. The van der Waals surface area contributed by atoms with Crippen LogP contribution in [-0.4, -0.2) is 38.2 Å². The molecule has 1 rings (SSSR count). The number of hydrogen-bond acceptors (Lipinski definition) is 3. The van der Waals surface area contributed by atoms with Gasteiger partial charge in [0, 0.05) is 7.11 Å². The molecule has 0 aliphatic carbocycles. The molecule has 0 aliphatic heterocycles. The van der Waals surface area contributed by atoms with Crippen LogP contribution in [0.2, 0.25) is 0 Å². The Bertz CT molecular complexity index is 356. The molecule has 1 unspecified atom stereocenters. The van der Waals surface area contributed by atoms with E-state index in [1.54, 1.807) is 30.3 Å². The van der Waals surface area contributed by atoms with Crippen molar-refractivity contribution in [1.29, 1.82) is 0 Å². The average molecular weight is 263 g/mol. The van der Waals surface area contributed by atoms with Crippen molar-refractivity contribution in [2.75, 3.05) is 26.9 Å². The molecule has 2 N–H and O–H groups in total. The summed E-state index contributed by atoms with van der Waals surface area (Å²) in [5.74, 6) is 0. The molecule has 1 aromatic rings. The minimum atomic E-state index is -4.34. The maximum Gasteiger partial charge on any atom is 0.401 e. The van der Waals surface area contributed by atoms with Crippen LogP contribution in [0.1, 0.15) is 5.56 Å². The van der Waals surface area contributed by atoms with Crippen molar-refractivity contribution in [3.63, 3.8) is 0 Å². The summed E-state index contributed by atoms with van der Waals surface area (Å²) in [6, 6.07) is 8.45. The van der Waals surface area contributed by atoms with Crippen LogP contribution in [0.25, 0.3) is 0 Å². The summed E-state index contributed by atoms with van der Waals surface area (Å²) in [5, 5.41) is 11.8. The van der Waals surface area contributed by atoms with Gasteiger partial charge in [0.1, 0.15) is 0 Å². The fraction of sp³-hybridized carbons (Fsp3) is 0.500. The normalized spacial score (nSPS) is 15.4. The van der Waals surface area contributed by atoms with Gasteiger partial charge in [-0.25, -0.2) is 0 Å². The third kappa shape index (κ3) is 3.97. The Morgan fingerprint density at radius 3 is 2.28 bits per heavy atom. The van der Waals surface area contributed by atoms with Crippen LogP contribution in [0, 0.1) is 0 Å². The lowest BCUT2D eigenvalue weighted by Gasteiger charge is -2.33. The number of aliphatic hydroxyl groups excluding tert-OH is 1. The van der Waals surface area contributed by atoms with Crippen molar-refractivity contribution in [3.05, 3.63) is 35.9 Å². The molecule has 18 heavy (non-hydrogen) atoms. The van der Waals surface area contributed by atoms with Crippen molar-refractivity contribution in [2.24, 2.45) is 0 Å². The molecule has 3 nitrogen and oxygen atoms in total. The zero-order valence-electron chi connectivity index (χ0n) is 10.00. The Kier molecular flexibility index (Phi) is 5.13. The first-order chi connectivity index (χ1) is 8.43. The highest BCUT2D eigenvalue weighted by atomic mass is 19.4. The van der Waals surface area contributed by atoms with E-state index in [4.69, 9.17) is 4.74 Å². The van der Waals surface area contributed by atoms with Gasteiger partial charge in [-0.1, -0.05) is 30.3 Å². The molecule has 0 spiro atoms. The third-order valence-corrected chi connectivity index (χ3v) is 2.61. The summed E-state index contributed by atoms with van der Waals surface area (Å²) in [4.78, 5) is 0. The number of benzene rings is 1. The summed E-state index contributed by atoms with van der Waals surface area (Å²) >= 11 is 0. The van der Waals surface area contributed by atoms with Crippen LogP contribution in [0.3, 0.4) is 0 Å². The molecule has 0 heterocycles. The van der Waals surface area contributed by atoms with Gasteiger partial charge >= 0.3 is 6.18 Å². The highest BCUT2D eigenvalue weighted by Gasteiger charge is 2.36. The van der Waals surface area contributed by atoms with E-state index >= 15 is 0 Å². The van der Waals surface area contributed by atoms with Crippen LogP contribution in [0.5, 0.6) is 0 Å². The molecule has 0 aromatic heterocycles. The van der Waals surface area contributed by atoms with E-state index in [-0.39, 0.29) is 6.61 Å². The molecule has 0 radical (unpaired) electrons. The Morgan fingerprint density at radius 2 is 1.83 bits per heavy atom. The Morgan fingerprint density at radius 1 is 1.22 bits per heavy atom. The summed E-state index contributed by atoms with van der Waals surface area (Å²) < 4.78 is 41.8. The lowest BCUT2D eigenvalue weighted by Crippen LogP contribution is -2.52. The summed E-state index contributed by atoms with van der Waals surface area (Å²) in [7, 11) is 1.38. The van der Waals surface area contributed by atoms with Gasteiger partial charge in [-0.2, -0.15) is 13.2 Å². The molecule has 0 aliphatic rings. The van der Waals surface area contributed by atoms with E-state index in [1.807, 2.05) is 0 Å². The quantitative estimate of drug-likeness (QED) is 0.820. The lowest BCUT2D eigenvalue weighted by molar-refractivity contribution is -0.132. The molecule has 6 heteroatoms. The minimum absolute atomic E-state index is 0.0520. The molecule has 0 saturated carbocycles. The van der Waals surface area contributed by atoms with E-state index in [9.17, 15) is 18.3 Å². The molecule has 0 saturated heterocycles. The number of ether oxygens (including phenoxy) is 1. The topological polar surface area (TPSA) is 41.5 Å². The largest absolute Gasteiger partial charge is 0.401 e. The standard InChI is InChI=1S/C12H16F3NO2/c1-18-9-11(8-17,16-7-12(13,14)15)10-5-3-2-4-6-10/h2-6,16-17H,7-9H2,1H3. The summed E-state index contributed by atoms with van der Waals surface area (Å²) in [6.07, 6.45) is -4.34. The van der Waals surface area contributed by atoms with Gasteiger partial charge in [0.2, 0.25) is 0 Å². The molecule has 1 atom stereocenters. The van der Waals surface area contributed by atoms with Gasteiger partial charge in [0.25, 0.3) is 0 Å². The van der Waals surface area contributed by atoms with E-state index in [2.05, 4.69) is 5.32 Å². The molecule has 0 amide bonds. The van der Waals surface area contributed by atoms with Gasteiger partial charge in [-0.3, -0.25) is 5.32 Å². The minimum Gasteiger partial charge on any atom is -0.394 e. The van der Waals surface area contributed by atoms with E-state index in [0.717, 1.165) is 0 Å². The molecular weight excluding hydrogens is 247 g/mol. The fourth-order valence-electron chi connectivity index (χ4n) is 1.70. The summed E-state index contributed by atoms with van der Waals surface area (Å²) in [5.41, 5.74) is -0.690. The zero-order valence-corrected chi connectivity index (χ0v) is 10.00. The maximum atomic E-state index is 12.3. The van der Waals surface area contributed by atoms with Gasteiger partial charge in [0.15, 0.2) is 0 Å². The Hall–Kier alpha value is -1.11. The maximum absolute atomic E-state index is 12.3. The molecule has 0 bridgehead atoms. The predicted molar refractivity (Wildman–Crippen MR) is 61.1 cm³/mol. The van der Waals surface area contributed by atoms with Crippen molar-refractivity contribution in [3.8, 4) is 0 Å². The second-order valence-electron chi connectivity index (χ2n) is 4.01. The molecule has 1 aromatic carbocycles. The van der Waals surface area contributed by atoms with E-state index in [1.165, 1.54) is 7.11 Å². The van der Waals surface area contributed by atoms with Crippen LogP contribution in [0.4, 0.5) is 13.2 Å². The molecule has 0 fully saturated rings. The Balaban J connectivity index is 2.94. The highest BCUT2D eigenvalue weighted by molar-refractivity contribution is 5.25. The number of methoxy groups -OCH3 is 1. The van der Waals surface area contributed by atoms with Gasteiger partial charge in [-0.15, -0.1) is 0 Å². The smallest absolute Gasteiger partial charge is 0.394 e. The van der Waals surface area contributed by atoms with E-state index < -0.39 is 24.9 Å². The van der Waals surface area contributed by atoms with Gasteiger partial charge in [0.05, 0.1) is 25.3 Å². The highest BCUT2D eigenvalue weighted by Crippen LogP contribution is 2.23. The van der Waals surface area contributed by atoms with Crippen molar-refractivity contribution in [1.82, 2.24) is 5.32 Å². The van der Waals surface area contributed by atoms with Gasteiger partial charge < -0.3 is 9.84 Å². The predicted octanol–water partition coefficient (Wildman–Crippen LogP) is 1.67. The number of halogens is 3. The second kappa shape index (κ2) is 6.17. The van der Waals surface area contributed by atoms with Crippen LogP contribution < -0.4 is 5.32 Å². The first kappa shape index (κ1) is 14.9. The second-order valence-corrected chi connectivity index (χ2v) is 4.01.